The molecule has 1 heterocycles. The molecule has 8 heteroatoms. The molecule has 5 rings (SSSR count). The summed E-state index contributed by atoms with van der Waals surface area (Å²) in [7, 11) is 1.58. The molecule has 0 aromatic heterocycles. The van der Waals surface area contributed by atoms with E-state index in [-0.39, 0.29) is 17.9 Å². The molecule has 40 heavy (non-hydrogen) atoms. The second kappa shape index (κ2) is 11.9. The number of rotatable bonds is 8. The Balaban J connectivity index is 1.36. The fourth-order valence-corrected chi connectivity index (χ4v) is 4.67. The molecule has 4 aromatic rings. The zero-order chi connectivity index (χ0) is 28.1. The molecule has 0 radical (unpaired) electrons. The number of allylic oxidation sites excluding steroid dienone is 1. The second-order valence-corrected chi connectivity index (χ2v) is 9.48. The van der Waals surface area contributed by atoms with E-state index in [1.54, 1.807) is 37.4 Å². The van der Waals surface area contributed by atoms with Crippen LogP contribution in [0, 0.1) is 11.3 Å². The number of nitriles is 1. The van der Waals surface area contributed by atoms with Crippen LogP contribution in [0.15, 0.2) is 102 Å². The van der Waals surface area contributed by atoms with Gasteiger partial charge in [0.1, 0.15) is 41.2 Å². The van der Waals surface area contributed by atoms with Gasteiger partial charge in [0.2, 0.25) is 5.88 Å². The van der Waals surface area contributed by atoms with E-state index in [9.17, 15) is 10.1 Å². The van der Waals surface area contributed by atoms with Crippen LogP contribution < -0.4 is 24.7 Å². The van der Waals surface area contributed by atoms with Gasteiger partial charge in [-0.2, -0.15) is 5.26 Å². The van der Waals surface area contributed by atoms with Crippen LogP contribution in [0.3, 0.4) is 0 Å². The smallest absolute Gasteiger partial charge is 0.315 e. The summed E-state index contributed by atoms with van der Waals surface area (Å²) in [5.41, 5.74) is 9.61. The van der Waals surface area contributed by atoms with Crippen molar-refractivity contribution < 1.29 is 23.7 Å². The van der Waals surface area contributed by atoms with E-state index in [1.165, 1.54) is 0 Å². The number of hydrogen-bond donors (Lipinski definition) is 1. The average molecular weight is 553 g/mol. The summed E-state index contributed by atoms with van der Waals surface area (Å²) in [6, 6.07) is 29.4. The van der Waals surface area contributed by atoms with Crippen molar-refractivity contribution in [3.63, 3.8) is 0 Å². The van der Waals surface area contributed by atoms with Crippen LogP contribution in [0.2, 0.25) is 5.02 Å². The van der Waals surface area contributed by atoms with E-state index in [0.29, 0.717) is 40.2 Å². The number of fused-ring (bicyclic) bond motifs is 1. The highest BCUT2D eigenvalue weighted by atomic mass is 35.5. The Morgan fingerprint density at radius 1 is 0.975 bits per heavy atom. The number of nitrogens with two attached hydrogens (primary N) is 1. The largest absolute Gasteiger partial charge is 0.497 e. The van der Waals surface area contributed by atoms with Crippen molar-refractivity contribution in [2.24, 2.45) is 5.73 Å². The van der Waals surface area contributed by atoms with Gasteiger partial charge in [0.25, 0.3) is 0 Å². The van der Waals surface area contributed by atoms with Gasteiger partial charge in [-0.1, -0.05) is 60.1 Å². The molecular weight excluding hydrogens is 528 g/mol. The number of esters is 1. The van der Waals surface area contributed by atoms with E-state index >= 15 is 0 Å². The van der Waals surface area contributed by atoms with E-state index in [1.807, 2.05) is 60.7 Å². The van der Waals surface area contributed by atoms with Crippen LogP contribution in [-0.4, -0.2) is 13.1 Å². The van der Waals surface area contributed by atoms with Gasteiger partial charge in [-0.3, -0.25) is 4.79 Å². The lowest BCUT2D eigenvalue weighted by atomic mass is 9.83. The van der Waals surface area contributed by atoms with Crippen LogP contribution >= 0.6 is 11.6 Å². The normalized spacial score (nSPS) is 14.0. The van der Waals surface area contributed by atoms with Crippen LogP contribution in [0.5, 0.6) is 23.0 Å². The van der Waals surface area contributed by atoms with Crippen molar-refractivity contribution >= 4 is 17.6 Å². The van der Waals surface area contributed by atoms with E-state index in [0.717, 1.165) is 16.7 Å². The van der Waals surface area contributed by atoms with E-state index < -0.39 is 11.9 Å². The second-order valence-electron chi connectivity index (χ2n) is 9.08. The molecule has 0 amide bonds. The number of carbonyl (C=O) groups excluding carboxylic acids is 1. The summed E-state index contributed by atoms with van der Waals surface area (Å²) in [6.45, 7) is 0.293. The topological polar surface area (TPSA) is 104 Å². The Morgan fingerprint density at radius 2 is 1.75 bits per heavy atom. The van der Waals surface area contributed by atoms with Gasteiger partial charge in [-0.25, -0.2) is 0 Å². The summed E-state index contributed by atoms with van der Waals surface area (Å²) in [6.07, 6.45) is 0.0895. The summed E-state index contributed by atoms with van der Waals surface area (Å²) in [5, 5.41) is 10.6. The van der Waals surface area contributed by atoms with Gasteiger partial charge in [0.05, 0.1) is 19.4 Å². The Hall–Kier alpha value is -4.93. The average Bonchev–Trinajstić information content (AvgIpc) is 2.96. The van der Waals surface area contributed by atoms with Crippen molar-refractivity contribution in [3.05, 3.63) is 130 Å². The third kappa shape index (κ3) is 5.88. The highest BCUT2D eigenvalue weighted by Crippen LogP contribution is 2.44. The monoisotopic (exact) mass is 552 g/mol. The molecule has 0 aliphatic carbocycles. The Labute approximate surface area is 236 Å². The number of nitrogens with zero attached hydrogens (tertiary/aromatic N) is 1. The Kier molecular flexibility index (Phi) is 7.90. The fourth-order valence-electron chi connectivity index (χ4n) is 4.48. The van der Waals surface area contributed by atoms with Crippen LogP contribution in [0.4, 0.5) is 0 Å². The zero-order valence-electron chi connectivity index (χ0n) is 21.6. The first-order valence-corrected chi connectivity index (χ1v) is 12.8. The third-order valence-corrected chi connectivity index (χ3v) is 6.84. The number of methoxy groups -OCH3 is 1. The van der Waals surface area contributed by atoms with Crippen LogP contribution in [-0.2, 0) is 17.8 Å². The molecule has 1 unspecified atom stereocenters. The van der Waals surface area contributed by atoms with E-state index in [4.69, 9.17) is 36.3 Å². The molecule has 1 aliphatic heterocycles. The number of carbonyl (C=O) groups is 1. The molecule has 0 saturated heterocycles. The Bertz CT molecular complexity index is 1630. The highest BCUT2D eigenvalue weighted by Gasteiger charge is 2.31. The highest BCUT2D eigenvalue weighted by molar-refractivity contribution is 6.31. The summed E-state index contributed by atoms with van der Waals surface area (Å²) in [5.74, 6) is 1.09. The van der Waals surface area contributed by atoms with Crippen LogP contribution in [0.1, 0.15) is 28.2 Å². The summed E-state index contributed by atoms with van der Waals surface area (Å²) < 4.78 is 22.5. The molecule has 1 atom stereocenters. The number of benzene rings is 4. The summed E-state index contributed by atoms with van der Waals surface area (Å²) in [4.78, 5) is 12.6. The molecule has 0 spiro atoms. The summed E-state index contributed by atoms with van der Waals surface area (Å²) >= 11 is 6.26. The predicted octanol–water partition coefficient (Wildman–Crippen LogP) is 6.29. The first kappa shape index (κ1) is 26.7. The van der Waals surface area contributed by atoms with E-state index in [2.05, 4.69) is 6.07 Å². The van der Waals surface area contributed by atoms with Crippen molar-refractivity contribution in [2.75, 3.05) is 7.11 Å². The van der Waals surface area contributed by atoms with Gasteiger partial charge in [0.15, 0.2) is 0 Å². The van der Waals surface area contributed by atoms with Gasteiger partial charge < -0.3 is 24.7 Å². The number of hydrogen-bond acceptors (Lipinski definition) is 7. The quantitative estimate of drug-likeness (QED) is 0.202. The minimum absolute atomic E-state index is 0.0101. The first-order chi connectivity index (χ1) is 19.4. The zero-order valence-corrected chi connectivity index (χ0v) is 22.4. The number of ether oxygens (including phenoxy) is 4. The minimum atomic E-state index is -0.498. The molecule has 0 bridgehead atoms. The number of halogens is 1. The first-order valence-electron chi connectivity index (χ1n) is 12.5. The van der Waals surface area contributed by atoms with Gasteiger partial charge in [0, 0.05) is 22.2 Å². The van der Waals surface area contributed by atoms with Crippen molar-refractivity contribution in [1.29, 1.82) is 5.26 Å². The maximum absolute atomic E-state index is 12.6. The third-order valence-electron chi connectivity index (χ3n) is 6.47. The molecular formula is C32H25ClN2O5. The predicted molar refractivity (Wildman–Crippen MR) is 150 cm³/mol. The maximum atomic E-state index is 12.6. The lowest BCUT2D eigenvalue weighted by molar-refractivity contribution is -0.133. The minimum Gasteiger partial charge on any atom is -0.497 e. The van der Waals surface area contributed by atoms with Crippen molar-refractivity contribution in [3.8, 4) is 29.1 Å². The molecule has 0 fully saturated rings. The fraction of sp³-hybridized carbons (Fsp3) is 0.125. The Morgan fingerprint density at radius 3 is 2.50 bits per heavy atom. The standard InChI is InChI=1S/C32H25ClN2O5/c1-37-23-11-9-20(10-12-23)15-30(36)39-25-13-14-26-29(17-25)40-32(35)27(18-34)31(26)21-6-4-7-24(16-21)38-19-22-5-2-3-8-28(22)33/h2-14,16-17,31H,15,19,35H2,1H3. The van der Waals surface area contributed by atoms with Crippen molar-refractivity contribution in [1.82, 2.24) is 0 Å². The maximum Gasteiger partial charge on any atom is 0.315 e. The molecule has 0 saturated carbocycles. The molecule has 4 aromatic carbocycles. The molecule has 7 nitrogen and oxygen atoms in total. The van der Waals surface area contributed by atoms with Gasteiger partial charge >= 0.3 is 5.97 Å². The van der Waals surface area contributed by atoms with Gasteiger partial charge in [-0.15, -0.1) is 0 Å². The lowest BCUT2D eigenvalue weighted by Gasteiger charge is -2.27. The van der Waals surface area contributed by atoms with Crippen molar-refractivity contribution in [2.45, 2.75) is 18.9 Å². The van der Waals surface area contributed by atoms with Crippen LogP contribution in [0.25, 0.3) is 0 Å². The lowest BCUT2D eigenvalue weighted by Crippen LogP contribution is -2.21. The molecule has 1 aliphatic rings. The SMILES string of the molecule is COc1ccc(CC(=O)Oc2ccc3c(c2)OC(N)=C(C#N)C3c2cccc(OCc3ccccc3Cl)c2)cc1. The van der Waals surface area contributed by atoms with Gasteiger partial charge in [-0.05, 0) is 47.5 Å². The molecule has 200 valence electrons. The molecule has 2 N–H and O–H groups in total.